The van der Waals surface area contributed by atoms with Crippen molar-refractivity contribution >= 4 is 15.7 Å². The van der Waals surface area contributed by atoms with E-state index in [0.717, 1.165) is 23.2 Å². The number of hydrogen-bond acceptors (Lipinski definition) is 2. The molecule has 1 aliphatic heterocycles. The predicted octanol–water partition coefficient (Wildman–Crippen LogP) is 4.77. The lowest BCUT2D eigenvalue weighted by atomic mass is 10.1. The van der Waals surface area contributed by atoms with Gasteiger partial charge in [0.05, 0.1) is 10.6 Å². The second-order valence-electron chi connectivity index (χ2n) is 6.21. The topological polar surface area (TPSA) is 37.4 Å². The molecule has 0 radical (unpaired) electrons. The number of nitrogens with zero attached hydrogens (tertiary/aromatic N) is 1. The van der Waals surface area contributed by atoms with E-state index in [1.807, 2.05) is 55.5 Å². The van der Waals surface area contributed by atoms with Gasteiger partial charge < -0.3 is 0 Å². The highest BCUT2D eigenvalue weighted by molar-refractivity contribution is 7.89. The maximum Gasteiger partial charge on any atom is 0.264 e. The normalized spacial score (nSPS) is 15.4. The minimum Gasteiger partial charge on any atom is -0.265 e. The molecular weight excluding hydrogens is 330 g/mol. The molecule has 2 aromatic rings. The molecule has 3 rings (SSSR count). The Morgan fingerprint density at radius 3 is 2.32 bits per heavy atom. The molecule has 0 aliphatic carbocycles. The lowest BCUT2D eigenvalue weighted by Gasteiger charge is -2.26. The quantitative estimate of drug-likeness (QED) is 0.794. The summed E-state index contributed by atoms with van der Waals surface area (Å²) in [5.41, 5.74) is 3.87. The van der Waals surface area contributed by atoms with E-state index >= 15 is 0 Å². The van der Waals surface area contributed by atoms with E-state index in [9.17, 15) is 8.42 Å². The maximum absolute atomic E-state index is 13.3. The first kappa shape index (κ1) is 17.5. The summed E-state index contributed by atoms with van der Waals surface area (Å²) in [6.07, 6.45) is 5.73. The Hall–Kier alpha value is -2.33. The molecule has 0 amide bonds. The summed E-state index contributed by atoms with van der Waals surface area (Å²) >= 11 is 0. The van der Waals surface area contributed by atoms with E-state index in [0.29, 0.717) is 17.9 Å². The number of sulfonamides is 1. The third-order valence-corrected chi connectivity index (χ3v) is 6.24. The second kappa shape index (κ2) is 7.28. The fraction of sp³-hybridized carbons (Fsp3) is 0.238. The summed E-state index contributed by atoms with van der Waals surface area (Å²) in [5, 5.41) is 0. The van der Waals surface area contributed by atoms with Crippen molar-refractivity contribution < 1.29 is 8.42 Å². The van der Waals surface area contributed by atoms with Crippen LogP contribution in [0.5, 0.6) is 0 Å². The summed E-state index contributed by atoms with van der Waals surface area (Å²) < 4.78 is 28.1. The Bertz CT molecular complexity index is 895. The van der Waals surface area contributed by atoms with Crippen molar-refractivity contribution in [2.45, 2.75) is 31.6 Å². The Labute approximate surface area is 150 Å². The van der Waals surface area contributed by atoms with Gasteiger partial charge >= 0.3 is 0 Å². The van der Waals surface area contributed by atoms with Crippen LogP contribution in [0.1, 0.15) is 30.9 Å². The van der Waals surface area contributed by atoms with Gasteiger partial charge in [-0.05, 0) is 43.5 Å². The zero-order valence-electron chi connectivity index (χ0n) is 14.6. The minimum absolute atomic E-state index is 0.333. The third-order valence-electron chi connectivity index (χ3n) is 4.42. The molecule has 0 aromatic heterocycles. The van der Waals surface area contributed by atoms with Crippen molar-refractivity contribution in [1.82, 2.24) is 4.31 Å². The molecule has 0 saturated heterocycles. The predicted molar refractivity (Wildman–Crippen MR) is 102 cm³/mol. The highest BCUT2D eigenvalue weighted by Crippen LogP contribution is 2.31. The average molecular weight is 353 g/mol. The zero-order chi connectivity index (χ0) is 17.9. The zero-order valence-corrected chi connectivity index (χ0v) is 15.5. The van der Waals surface area contributed by atoms with Gasteiger partial charge in [-0.25, -0.2) is 8.42 Å². The van der Waals surface area contributed by atoms with Crippen molar-refractivity contribution in [3.63, 3.8) is 0 Å². The molecule has 1 heterocycles. The summed E-state index contributed by atoms with van der Waals surface area (Å²) in [7, 11) is -3.60. The van der Waals surface area contributed by atoms with Crippen LogP contribution in [-0.2, 0) is 10.0 Å². The maximum atomic E-state index is 13.3. The molecule has 25 heavy (non-hydrogen) atoms. The molecule has 0 saturated carbocycles. The lowest BCUT2D eigenvalue weighted by molar-refractivity contribution is 0.514. The van der Waals surface area contributed by atoms with E-state index in [-0.39, 0.29) is 0 Å². The summed E-state index contributed by atoms with van der Waals surface area (Å²) in [5.74, 6) is 0. The molecule has 0 N–H and O–H groups in total. The summed E-state index contributed by atoms with van der Waals surface area (Å²) in [6.45, 7) is 4.49. The van der Waals surface area contributed by atoms with Crippen LogP contribution in [0.3, 0.4) is 0 Å². The first-order chi connectivity index (χ1) is 12.0. The molecule has 1 aliphatic rings. The smallest absolute Gasteiger partial charge is 0.264 e. The van der Waals surface area contributed by atoms with Crippen LogP contribution in [0.4, 0.5) is 0 Å². The van der Waals surface area contributed by atoms with E-state index in [1.165, 1.54) is 5.57 Å². The minimum atomic E-state index is -3.60. The number of allylic oxidation sites excluding steroid dienone is 2. The number of benzene rings is 2. The van der Waals surface area contributed by atoms with Gasteiger partial charge in [-0.1, -0.05) is 66.6 Å². The number of aryl methyl sites for hydroxylation is 1. The average Bonchev–Trinajstić information content (AvgIpc) is 2.86. The Balaban J connectivity index is 2.10. The van der Waals surface area contributed by atoms with E-state index in [1.54, 1.807) is 16.4 Å². The second-order valence-corrected chi connectivity index (χ2v) is 8.07. The third kappa shape index (κ3) is 3.69. The van der Waals surface area contributed by atoms with Crippen LogP contribution >= 0.6 is 0 Å². The first-order valence-corrected chi connectivity index (χ1v) is 10.0. The van der Waals surface area contributed by atoms with Gasteiger partial charge in [0, 0.05) is 6.54 Å². The molecule has 4 heteroatoms. The van der Waals surface area contributed by atoms with Crippen molar-refractivity contribution in [3.8, 4) is 0 Å². The molecule has 0 atom stereocenters. The van der Waals surface area contributed by atoms with Gasteiger partial charge in [0.15, 0.2) is 0 Å². The summed E-state index contributed by atoms with van der Waals surface area (Å²) in [6, 6.07) is 16.8. The van der Waals surface area contributed by atoms with E-state index in [4.69, 9.17) is 0 Å². The van der Waals surface area contributed by atoms with Gasteiger partial charge in [-0.2, -0.15) is 0 Å². The largest absolute Gasteiger partial charge is 0.265 e. The molecule has 0 bridgehead atoms. The Morgan fingerprint density at radius 2 is 1.68 bits per heavy atom. The Morgan fingerprint density at radius 1 is 1.00 bits per heavy atom. The van der Waals surface area contributed by atoms with Gasteiger partial charge in [0.1, 0.15) is 0 Å². The molecule has 2 aromatic carbocycles. The molecule has 0 spiro atoms. The van der Waals surface area contributed by atoms with Crippen molar-refractivity contribution in [1.29, 1.82) is 0 Å². The fourth-order valence-corrected chi connectivity index (χ4v) is 4.46. The van der Waals surface area contributed by atoms with Gasteiger partial charge in [0.25, 0.3) is 10.0 Å². The van der Waals surface area contributed by atoms with Crippen LogP contribution < -0.4 is 0 Å². The van der Waals surface area contributed by atoms with E-state index < -0.39 is 10.0 Å². The van der Waals surface area contributed by atoms with Crippen LogP contribution in [0.2, 0.25) is 0 Å². The van der Waals surface area contributed by atoms with Gasteiger partial charge in [0.2, 0.25) is 0 Å². The van der Waals surface area contributed by atoms with Gasteiger partial charge in [-0.15, -0.1) is 0 Å². The van der Waals surface area contributed by atoms with Crippen LogP contribution in [-0.4, -0.2) is 19.3 Å². The van der Waals surface area contributed by atoms with Crippen LogP contribution in [0.15, 0.2) is 77.2 Å². The first-order valence-electron chi connectivity index (χ1n) is 8.58. The SMILES string of the molecule is CCC1=CCCN(S(=O)(=O)c2ccc(C)cc2)C(c2ccccc2)=C1. The lowest BCUT2D eigenvalue weighted by Crippen LogP contribution is -2.30. The molecule has 3 nitrogen and oxygen atoms in total. The number of rotatable bonds is 4. The van der Waals surface area contributed by atoms with E-state index in [2.05, 4.69) is 13.0 Å². The standard InChI is InChI=1S/C21H23NO2S/c1-3-18-8-7-15-22(21(16-18)19-9-5-4-6-10-19)25(23,24)20-13-11-17(2)12-14-20/h4-6,8-14,16H,3,7,15H2,1-2H3. The van der Waals surface area contributed by atoms with Crippen LogP contribution in [0, 0.1) is 6.92 Å². The van der Waals surface area contributed by atoms with Gasteiger partial charge in [-0.3, -0.25) is 4.31 Å². The summed E-state index contributed by atoms with van der Waals surface area (Å²) in [4.78, 5) is 0.333. The monoisotopic (exact) mass is 353 g/mol. The fourth-order valence-electron chi connectivity index (χ4n) is 2.96. The number of hydrogen-bond donors (Lipinski definition) is 0. The van der Waals surface area contributed by atoms with Crippen molar-refractivity contribution in [2.24, 2.45) is 0 Å². The highest BCUT2D eigenvalue weighted by Gasteiger charge is 2.28. The molecule has 130 valence electrons. The Kier molecular flexibility index (Phi) is 5.09. The van der Waals surface area contributed by atoms with Crippen molar-refractivity contribution in [2.75, 3.05) is 6.54 Å². The molecule has 0 unspecified atom stereocenters. The molecular formula is C21H23NO2S. The van der Waals surface area contributed by atoms with Crippen LogP contribution in [0.25, 0.3) is 5.70 Å². The highest BCUT2D eigenvalue weighted by atomic mass is 32.2. The molecule has 0 fully saturated rings. The van der Waals surface area contributed by atoms with Crippen molar-refractivity contribution in [3.05, 3.63) is 83.4 Å².